The maximum Gasteiger partial charge on any atom is 0.254 e. The SMILES string of the molecule is COc1ccc(CC(=O)N2CCC(F)(F)C(C)C2)c(F)c1. The molecule has 1 aliphatic rings. The third-order valence-electron chi connectivity index (χ3n) is 3.88. The molecule has 1 aliphatic heterocycles. The van der Waals surface area contributed by atoms with Gasteiger partial charge in [0.2, 0.25) is 5.91 Å². The summed E-state index contributed by atoms with van der Waals surface area (Å²) in [5, 5.41) is 0. The molecule has 21 heavy (non-hydrogen) atoms. The molecule has 1 aromatic rings. The molecule has 0 N–H and O–H groups in total. The zero-order valence-electron chi connectivity index (χ0n) is 12.0. The molecule has 0 bridgehead atoms. The first kappa shape index (κ1) is 15.7. The van der Waals surface area contributed by atoms with Gasteiger partial charge in [0, 0.05) is 31.5 Å². The van der Waals surface area contributed by atoms with Crippen molar-refractivity contribution in [3.63, 3.8) is 0 Å². The van der Waals surface area contributed by atoms with E-state index in [0.717, 1.165) is 0 Å². The molecule has 1 saturated heterocycles. The van der Waals surface area contributed by atoms with Crippen molar-refractivity contribution in [2.75, 3.05) is 20.2 Å². The van der Waals surface area contributed by atoms with Crippen molar-refractivity contribution in [3.8, 4) is 5.75 Å². The van der Waals surface area contributed by atoms with Crippen LogP contribution in [0.3, 0.4) is 0 Å². The van der Waals surface area contributed by atoms with Gasteiger partial charge in [-0.05, 0) is 11.6 Å². The second-order valence-electron chi connectivity index (χ2n) is 5.39. The van der Waals surface area contributed by atoms with E-state index in [1.165, 1.54) is 31.1 Å². The van der Waals surface area contributed by atoms with Crippen molar-refractivity contribution < 1.29 is 22.7 Å². The number of hydrogen-bond donors (Lipinski definition) is 0. The summed E-state index contributed by atoms with van der Waals surface area (Å²) in [7, 11) is 1.43. The average molecular weight is 301 g/mol. The standard InChI is InChI=1S/C15H18F3NO2/c1-10-9-19(6-5-15(10,17)18)14(20)7-11-3-4-12(21-2)8-13(11)16/h3-4,8,10H,5-7,9H2,1-2H3. The van der Waals surface area contributed by atoms with E-state index >= 15 is 0 Å². The van der Waals surface area contributed by atoms with Gasteiger partial charge in [0.05, 0.1) is 13.5 Å². The fraction of sp³-hybridized carbons (Fsp3) is 0.533. The number of alkyl halides is 2. The number of carbonyl (C=O) groups excluding carboxylic acids is 1. The summed E-state index contributed by atoms with van der Waals surface area (Å²) in [5.74, 6) is -4.10. The summed E-state index contributed by atoms with van der Waals surface area (Å²) in [6, 6.07) is 4.25. The lowest BCUT2D eigenvalue weighted by molar-refractivity contribution is -0.143. The summed E-state index contributed by atoms with van der Waals surface area (Å²) < 4.78 is 45.5. The highest BCUT2D eigenvalue weighted by atomic mass is 19.3. The number of ether oxygens (including phenoxy) is 1. The molecule has 0 aliphatic carbocycles. The first-order valence-electron chi connectivity index (χ1n) is 6.81. The molecule has 6 heteroatoms. The van der Waals surface area contributed by atoms with Crippen LogP contribution in [0.1, 0.15) is 18.9 Å². The molecule has 1 atom stereocenters. The Labute approximate surface area is 121 Å². The highest BCUT2D eigenvalue weighted by Gasteiger charge is 2.42. The largest absolute Gasteiger partial charge is 0.497 e. The van der Waals surface area contributed by atoms with Crippen molar-refractivity contribution in [2.24, 2.45) is 5.92 Å². The number of piperidine rings is 1. The fourth-order valence-electron chi connectivity index (χ4n) is 2.39. The van der Waals surface area contributed by atoms with E-state index in [4.69, 9.17) is 4.74 Å². The van der Waals surface area contributed by atoms with E-state index in [9.17, 15) is 18.0 Å². The van der Waals surface area contributed by atoms with Crippen molar-refractivity contribution >= 4 is 5.91 Å². The Bertz CT molecular complexity index is 534. The Morgan fingerprint density at radius 1 is 1.48 bits per heavy atom. The third kappa shape index (κ3) is 3.49. The molecule has 116 valence electrons. The predicted octanol–water partition coefficient (Wildman–Crippen LogP) is 2.88. The monoisotopic (exact) mass is 301 g/mol. The molecule has 0 saturated carbocycles. The molecule has 1 unspecified atom stereocenters. The van der Waals surface area contributed by atoms with Crippen molar-refractivity contribution in [1.82, 2.24) is 4.90 Å². The van der Waals surface area contributed by atoms with Gasteiger partial charge in [0.25, 0.3) is 5.92 Å². The van der Waals surface area contributed by atoms with Crippen LogP contribution in [0.5, 0.6) is 5.75 Å². The molecule has 1 fully saturated rings. The predicted molar refractivity (Wildman–Crippen MR) is 72.0 cm³/mol. The van der Waals surface area contributed by atoms with Crippen LogP contribution in [0.2, 0.25) is 0 Å². The Balaban J connectivity index is 2.02. The van der Waals surface area contributed by atoms with Crippen LogP contribution in [-0.2, 0) is 11.2 Å². The van der Waals surface area contributed by atoms with Gasteiger partial charge in [-0.25, -0.2) is 13.2 Å². The summed E-state index contributed by atoms with van der Waals surface area (Å²) in [6.45, 7) is 1.44. The van der Waals surface area contributed by atoms with Crippen LogP contribution in [0.4, 0.5) is 13.2 Å². The second kappa shape index (κ2) is 5.95. The zero-order valence-corrected chi connectivity index (χ0v) is 12.0. The molecule has 2 rings (SSSR count). The molecule has 1 aromatic carbocycles. The van der Waals surface area contributed by atoms with Crippen LogP contribution in [0, 0.1) is 11.7 Å². The second-order valence-corrected chi connectivity index (χ2v) is 5.39. The lowest BCUT2D eigenvalue weighted by Gasteiger charge is -2.36. The summed E-state index contributed by atoms with van der Waals surface area (Å²) >= 11 is 0. The average Bonchev–Trinajstić information content (AvgIpc) is 2.44. The van der Waals surface area contributed by atoms with Gasteiger partial charge in [-0.1, -0.05) is 13.0 Å². The number of rotatable bonds is 3. The maximum atomic E-state index is 13.8. The van der Waals surface area contributed by atoms with E-state index in [1.54, 1.807) is 6.07 Å². The Hall–Kier alpha value is -1.72. The maximum absolute atomic E-state index is 13.8. The number of amides is 1. The molecule has 1 amide bonds. The first-order chi connectivity index (χ1) is 9.83. The first-order valence-corrected chi connectivity index (χ1v) is 6.81. The Kier molecular flexibility index (Phi) is 4.44. The molecule has 0 spiro atoms. The van der Waals surface area contributed by atoms with Gasteiger partial charge in [-0.2, -0.15) is 0 Å². The molecule has 1 heterocycles. The number of likely N-dealkylation sites (tertiary alicyclic amines) is 1. The van der Waals surface area contributed by atoms with Crippen molar-refractivity contribution in [2.45, 2.75) is 25.7 Å². The Morgan fingerprint density at radius 3 is 2.76 bits per heavy atom. The van der Waals surface area contributed by atoms with Crippen LogP contribution < -0.4 is 4.74 Å². The molecular weight excluding hydrogens is 283 g/mol. The number of hydrogen-bond acceptors (Lipinski definition) is 2. The van der Waals surface area contributed by atoms with E-state index in [1.807, 2.05) is 0 Å². The number of methoxy groups -OCH3 is 1. The van der Waals surface area contributed by atoms with Gasteiger partial charge in [0.1, 0.15) is 11.6 Å². The van der Waals surface area contributed by atoms with Crippen molar-refractivity contribution in [1.29, 1.82) is 0 Å². The number of benzene rings is 1. The van der Waals surface area contributed by atoms with Gasteiger partial charge in [-0.15, -0.1) is 0 Å². The Morgan fingerprint density at radius 2 is 2.19 bits per heavy atom. The third-order valence-corrected chi connectivity index (χ3v) is 3.88. The number of halogens is 3. The summed E-state index contributed by atoms with van der Waals surface area (Å²) in [5.41, 5.74) is 0.241. The van der Waals surface area contributed by atoms with Crippen LogP contribution >= 0.6 is 0 Å². The summed E-state index contributed by atoms with van der Waals surface area (Å²) in [6.07, 6.45) is -0.473. The quantitative estimate of drug-likeness (QED) is 0.859. The number of carbonyl (C=O) groups is 1. The van der Waals surface area contributed by atoms with Gasteiger partial charge >= 0.3 is 0 Å². The van der Waals surface area contributed by atoms with Gasteiger partial charge in [-0.3, -0.25) is 4.79 Å². The van der Waals surface area contributed by atoms with Crippen LogP contribution in [-0.4, -0.2) is 36.9 Å². The lowest BCUT2D eigenvalue weighted by atomic mass is 9.95. The topological polar surface area (TPSA) is 29.5 Å². The van der Waals surface area contributed by atoms with Crippen LogP contribution in [0.15, 0.2) is 18.2 Å². The fourth-order valence-corrected chi connectivity index (χ4v) is 2.39. The zero-order chi connectivity index (χ0) is 15.6. The van der Waals surface area contributed by atoms with E-state index in [2.05, 4.69) is 0 Å². The minimum atomic E-state index is -2.73. The van der Waals surface area contributed by atoms with E-state index in [-0.39, 0.29) is 37.4 Å². The minimum Gasteiger partial charge on any atom is -0.497 e. The number of nitrogens with zero attached hydrogens (tertiary/aromatic N) is 1. The van der Waals surface area contributed by atoms with Gasteiger partial charge < -0.3 is 9.64 Å². The van der Waals surface area contributed by atoms with E-state index < -0.39 is 17.7 Å². The highest BCUT2D eigenvalue weighted by molar-refractivity contribution is 5.79. The summed E-state index contributed by atoms with van der Waals surface area (Å²) in [4.78, 5) is 13.5. The molecular formula is C15H18F3NO2. The molecule has 0 aromatic heterocycles. The molecule has 3 nitrogen and oxygen atoms in total. The van der Waals surface area contributed by atoms with E-state index in [0.29, 0.717) is 5.75 Å². The van der Waals surface area contributed by atoms with Crippen LogP contribution in [0.25, 0.3) is 0 Å². The highest BCUT2D eigenvalue weighted by Crippen LogP contribution is 2.33. The normalized spacial score (nSPS) is 21.2. The van der Waals surface area contributed by atoms with Gasteiger partial charge in [0.15, 0.2) is 0 Å². The molecule has 0 radical (unpaired) electrons. The smallest absolute Gasteiger partial charge is 0.254 e. The van der Waals surface area contributed by atoms with Crippen molar-refractivity contribution in [3.05, 3.63) is 29.6 Å². The minimum absolute atomic E-state index is 0.00358. The lowest BCUT2D eigenvalue weighted by Crippen LogP contribution is -2.48.